The smallest absolute Gasteiger partial charge is 0.246 e. The Kier molecular flexibility index (Phi) is 4.52. The molecule has 0 amide bonds. The van der Waals surface area contributed by atoms with Crippen molar-refractivity contribution in [3.05, 3.63) is 11.4 Å². The van der Waals surface area contributed by atoms with E-state index < -0.39 is 10.0 Å². The highest BCUT2D eigenvalue weighted by atomic mass is 32.2. The van der Waals surface area contributed by atoms with E-state index in [9.17, 15) is 8.42 Å². The normalized spacial score (nSPS) is 14.2. The molecule has 1 unspecified atom stereocenters. The number of sulfonamides is 1. The highest BCUT2D eigenvalue weighted by molar-refractivity contribution is 7.89. The second-order valence-electron chi connectivity index (χ2n) is 4.75. The average Bonchev–Trinajstić information content (AvgIpc) is 2.52. The van der Waals surface area contributed by atoms with Crippen molar-refractivity contribution in [2.24, 2.45) is 18.7 Å². The first kappa shape index (κ1) is 15.1. The molecule has 0 saturated heterocycles. The molecule has 1 heterocycles. The summed E-state index contributed by atoms with van der Waals surface area (Å²) >= 11 is 0. The van der Waals surface area contributed by atoms with Crippen LogP contribution in [0.4, 0.5) is 0 Å². The minimum atomic E-state index is -3.49. The molecule has 1 aromatic heterocycles. The van der Waals surface area contributed by atoms with Crippen LogP contribution in [0.3, 0.4) is 0 Å². The van der Waals surface area contributed by atoms with E-state index in [2.05, 4.69) is 5.10 Å². The van der Waals surface area contributed by atoms with Gasteiger partial charge in [0.1, 0.15) is 4.90 Å². The second kappa shape index (κ2) is 5.38. The number of rotatable bonds is 5. The summed E-state index contributed by atoms with van der Waals surface area (Å²) in [4.78, 5) is 0.303. The Morgan fingerprint density at radius 1 is 1.44 bits per heavy atom. The van der Waals surface area contributed by atoms with Crippen LogP contribution in [-0.4, -0.2) is 42.6 Å². The maximum Gasteiger partial charge on any atom is 0.246 e. The van der Waals surface area contributed by atoms with Crippen molar-refractivity contribution in [1.29, 1.82) is 0 Å². The molecule has 0 fully saturated rings. The van der Waals surface area contributed by atoms with Gasteiger partial charge in [-0.2, -0.15) is 5.10 Å². The first-order valence-corrected chi connectivity index (χ1v) is 7.32. The van der Waals surface area contributed by atoms with Crippen molar-refractivity contribution in [1.82, 2.24) is 14.1 Å². The summed E-state index contributed by atoms with van der Waals surface area (Å²) in [6.07, 6.45) is 0. The number of hydrogen-bond donors (Lipinski definition) is 1. The van der Waals surface area contributed by atoms with Gasteiger partial charge in [-0.1, -0.05) is 6.92 Å². The van der Waals surface area contributed by atoms with Gasteiger partial charge in [0.2, 0.25) is 10.0 Å². The van der Waals surface area contributed by atoms with Crippen LogP contribution < -0.4 is 5.73 Å². The lowest BCUT2D eigenvalue weighted by molar-refractivity contribution is 0.404. The standard InChI is InChI=1S/C11H22N4O2S/c1-8(6-12)7-14(4)18(16,17)11-9(2)13-15(5)10(11)3/h8H,6-7,12H2,1-5H3. The first-order valence-electron chi connectivity index (χ1n) is 5.88. The molecule has 104 valence electrons. The van der Waals surface area contributed by atoms with Crippen molar-refractivity contribution < 1.29 is 8.42 Å². The summed E-state index contributed by atoms with van der Waals surface area (Å²) in [7, 11) is -0.174. The fraction of sp³-hybridized carbons (Fsp3) is 0.727. The Morgan fingerprint density at radius 3 is 2.39 bits per heavy atom. The van der Waals surface area contributed by atoms with E-state index in [0.717, 1.165) is 0 Å². The van der Waals surface area contributed by atoms with Gasteiger partial charge in [-0.15, -0.1) is 0 Å². The molecule has 0 radical (unpaired) electrons. The van der Waals surface area contributed by atoms with Crippen LogP contribution in [0.2, 0.25) is 0 Å². The molecule has 0 spiro atoms. The SMILES string of the molecule is Cc1nn(C)c(C)c1S(=O)(=O)N(C)CC(C)CN. The fourth-order valence-electron chi connectivity index (χ4n) is 1.89. The summed E-state index contributed by atoms with van der Waals surface area (Å²) in [6, 6.07) is 0. The lowest BCUT2D eigenvalue weighted by Gasteiger charge is -2.20. The average molecular weight is 274 g/mol. The lowest BCUT2D eigenvalue weighted by Crippen LogP contribution is -2.34. The summed E-state index contributed by atoms with van der Waals surface area (Å²) < 4.78 is 27.9. The first-order chi connectivity index (χ1) is 8.21. The molecule has 7 heteroatoms. The highest BCUT2D eigenvalue weighted by Gasteiger charge is 2.28. The fourth-order valence-corrected chi connectivity index (χ4v) is 3.58. The van der Waals surface area contributed by atoms with Crippen LogP contribution in [-0.2, 0) is 17.1 Å². The van der Waals surface area contributed by atoms with Crippen molar-refractivity contribution in [2.45, 2.75) is 25.7 Å². The summed E-state index contributed by atoms with van der Waals surface area (Å²) in [5.74, 6) is 0.127. The third-order valence-electron chi connectivity index (χ3n) is 3.08. The van der Waals surface area contributed by atoms with Crippen LogP contribution in [0, 0.1) is 19.8 Å². The van der Waals surface area contributed by atoms with Gasteiger partial charge in [-0.3, -0.25) is 4.68 Å². The van der Waals surface area contributed by atoms with Gasteiger partial charge in [-0.05, 0) is 26.3 Å². The molecule has 1 atom stereocenters. The zero-order valence-electron chi connectivity index (χ0n) is 11.6. The van der Waals surface area contributed by atoms with Crippen molar-refractivity contribution in [3.63, 3.8) is 0 Å². The molecule has 0 aromatic carbocycles. The van der Waals surface area contributed by atoms with Gasteiger partial charge in [0.25, 0.3) is 0 Å². The number of aryl methyl sites for hydroxylation is 2. The topological polar surface area (TPSA) is 81.2 Å². The number of nitrogens with two attached hydrogens (primary N) is 1. The predicted molar refractivity (Wildman–Crippen MR) is 70.7 cm³/mol. The predicted octanol–water partition coefficient (Wildman–Crippen LogP) is 0.252. The Bertz CT molecular complexity index is 521. The molecule has 0 bridgehead atoms. The largest absolute Gasteiger partial charge is 0.330 e. The number of hydrogen-bond acceptors (Lipinski definition) is 4. The van der Waals surface area contributed by atoms with E-state index in [0.29, 0.717) is 29.4 Å². The van der Waals surface area contributed by atoms with Gasteiger partial charge < -0.3 is 5.73 Å². The maximum atomic E-state index is 12.5. The van der Waals surface area contributed by atoms with Crippen LogP contribution in [0.25, 0.3) is 0 Å². The molecule has 1 rings (SSSR count). The van der Waals surface area contributed by atoms with Gasteiger partial charge in [-0.25, -0.2) is 12.7 Å². The van der Waals surface area contributed by atoms with Crippen LogP contribution in [0.1, 0.15) is 18.3 Å². The molecular formula is C11H22N4O2S. The monoisotopic (exact) mass is 274 g/mol. The third kappa shape index (κ3) is 2.73. The summed E-state index contributed by atoms with van der Waals surface area (Å²) in [5.41, 5.74) is 6.71. The molecular weight excluding hydrogens is 252 g/mol. The number of nitrogens with zero attached hydrogens (tertiary/aromatic N) is 3. The van der Waals surface area contributed by atoms with Crippen molar-refractivity contribution in [2.75, 3.05) is 20.1 Å². The highest BCUT2D eigenvalue weighted by Crippen LogP contribution is 2.22. The minimum Gasteiger partial charge on any atom is -0.330 e. The van der Waals surface area contributed by atoms with Gasteiger partial charge in [0.05, 0.1) is 11.4 Å². The lowest BCUT2D eigenvalue weighted by atomic mass is 10.2. The zero-order chi connectivity index (χ0) is 14.1. The Hall–Kier alpha value is -0.920. The van der Waals surface area contributed by atoms with E-state index in [4.69, 9.17) is 5.73 Å². The summed E-state index contributed by atoms with van der Waals surface area (Å²) in [6.45, 7) is 6.26. The minimum absolute atomic E-state index is 0.127. The zero-order valence-corrected chi connectivity index (χ0v) is 12.5. The molecule has 1 aromatic rings. The van der Waals surface area contributed by atoms with Crippen LogP contribution >= 0.6 is 0 Å². The second-order valence-corrected chi connectivity index (χ2v) is 6.73. The van der Waals surface area contributed by atoms with E-state index in [1.165, 1.54) is 4.31 Å². The van der Waals surface area contributed by atoms with Crippen molar-refractivity contribution >= 4 is 10.0 Å². The third-order valence-corrected chi connectivity index (χ3v) is 5.16. The molecule has 6 nitrogen and oxygen atoms in total. The molecule has 0 aliphatic rings. The van der Waals surface area contributed by atoms with Gasteiger partial charge >= 0.3 is 0 Å². The quantitative estimate of drug-likeness (QED) is 0.834. The van der Waals surface area contributed by atoms with E-state index >= 15 is 0 Å². The Morgan fingerprint density at radius 2 is 2.00 bits per heavy atom. The van der Waals surface area contributed by atoms with Crippen LogP contribution in [0.15, 0.2) is 4.90 Å². The van der Waals surface area contributed by atoms with Crippen molar-refractivity contribution in [3.8, 4) is 0 Å². The molecule has 0 aliphatic heterocycles. The molecule has 0 aliphatic carbocycles. The number of aromatic nitrogens is 2. The van der Waals surface area contributed by atoms with E-state index in [-0.39, 0.29) is 5.92 Å². The Balaban J connectivity index is 3.14. The summed E-state index contributed by atoms with van der Waals surface area (Å²) in [5, 5.41) is 4.14. The Labute approximate surface area is 109 Å². The maximum absolute atomic E-state index is 12.5. The van der Waals surface area contributed by atoms with Gasteiger partial charge in [0.15, 0.2) is 0 Å². The molecule has 2 N–H and O–H groups in total. The van der Waals surface area contributed by atoms with E-state index in [1.807, 2.05) is 6.92 Å². The molecule has 0 saturated carbocycles. The van der Waals surface area contributed by atoms with Crippen LogP contribution in [0.5, 0.6) is 0 Å². The molecule has 18 heavy (non-hydrogen) atoms. The van der Waals surface area contributed by atoms with Gasteiger partial charge in [0, 0.05) is 20.6 Å². The van der Waals surface area contributed by atoms with E-state index in [1.54, 1.807) is 32.6 Å².